The summed E-state index contributed by atoms with van der Waals surface area (Å²) in [6, 6.07) is 0. The van der Waals surface area contributed by atoms with Crippen molar-refractivity contribution in [3.05, 3.63) is 12.5 Å². The number of ketones is 1. The molecule has 7 nitrogen and oxygen atoms in total. The number of carboxylic acid groups (broad SMARTS) is 2. The van der Waals surface area contributed by atoms with E-state index in [9.17, 15) is 14.4 Å². The van der Waals surface area contributed by atoms with E-state index >= 15 is 0 Å². The Morgan fingerprint density at radius 1 is 0.929 bits per heavy atom. The van der Waals surface area contributed by atoms with E-state index in [1.165, 1.54) is 13.8 Å². The third-order valence-corrected chi connectivity index (χ3v) is 0.393. The fraction of sp³-hybridized carbons (Fsp3) is 0.286. The molecule has 0 fully saturated rings. The third-order valence-electron chi connectivity index (χ3n) is 0.393. The summed E-state index contributed by atoms with van der Waals surface area (Å²) in [5, 5.41) is 15.6. The summed E-state index contributed by atoms with van der Waals surface area (Å²) in [5.41, 5.74) is 0. The lowest BCUT2D eigenvalue weighted by Gasteiger charge is -1.88. The first kappa shape index (κ1) is 14.5. The molecule has 0 saturated heterocycles. The number of carbonyl (C=O) groups excluding carboxylic acids is 1. The first-order valence-electron chi connectivity index (χ1n) is 3.27. The highest BCUT2D eigenvalue weighted by atomic mass is 16.7. The van der Waals surface area contributed by atoms with Crippen LogP contribution in [0.1, 0.15) is 13.8 Å². The molecule has 0 aliphatic heterocycles. The molecule has 0 aliphatic carbocycles. The molecular weight excluding hydrogens is 196 g/mol. The molecule has 0 atom stereocenters. The minimum absolute atomic E-state index is 0.167. The van der Waals surface area contributed by atoms with Crippen LogP contribution >= 0.6 is 0 Å². The van der Waals surface area contributed by atoms with Gasteiger partial charge in [-0.25, -0.2) is 9.59 Å². The van der Waals surface area contributed by atoms with Gasteiger partial charge in [-0.05, 0) is 13.8 Å². The molecule has 0 aromatic rings. The monoisotopic (exact) mass is 206 g/mol. The summed E-state index contributed by atoms with van der Waals surface area (Å²) in [5.74, 6) is 0.167. The molecule has 7 heteroatoms. The van der Waals surface area contributed by atoms with E-state index in [1.54, 1.807) is 0 Å². The van der Waals surface area contributed by atoms with Gasteiger partial charge in [-0.3, -0.25) is 0 Å². The van der Waals surface area contributed by atoms with E-state index in [4.69, 9.17) is 10.2 Å². The number of ether oxygens (including phenoxy) is 2. The van der Waals surface area contributed by atoms with Crippen LogP contribution < -0.4 is 0 Å². The molecule has 0 saturated carbocycles. The van der Waals surface area contributed by atoms with Gasteiger partial charge in [-0.2, -0.15) is 0 Å². The fourth-order valence-corrected chi connectivity index (χ4v) is 0.172. The predicted octanol–water partition coefficient (Wildman–Crippen LogP) is 1.44. The quantitative estimate of drug-likeness (QED) is 0.519. The largest absolute Gasteiger partial charge is 0.510 e. The maximum Gasteiger partial charge on any atom is 0.510 e. The van der Waals surface area contributed by atoms with Crippen LogP contribution in [0.2, 0.25) is 0 Å². The highest BCUT2D eigenvalue weighted by Crippen LogP contribution is 1.81. The van der Waals surface area contributed by atoms with Gasteiger partial charge in [0.25, 0.3) is 0 Å². The van der Waals surface area contributed by atoms with Crippen molar-refractivity contribution in [1.29, 1.82) is 0 Å². The normalized spacial score (nSPS) is 8.43. The maximum atomic E-state index is 9.57. The Morgan fingerprint density at radius 2 is 1.14 bits per heavy atom. The van der Waals surface area contributed by atoms with E-state index in [-0.39, 0.29) is 5.78 Å². The van der Waals surface area contributed by atoms with Gasteiger partial charge in [-0.15, -0.1) is 0 Å². The van der Waals surface area contributed by atoms with Crippen LogP contribution in [0.4, 0.5) is 9.59 Å². The minimum atomic E-state index is -1.54. The lowest BCUT2D eigenvalue weighted by atomic mass is 10.6. The van der Waals surface area contributed by atoms with Gasteiger partial charge in [0, 0.05) is 0 Å². The molecule has 0 spiro atoms. The third kappa shape index (κ3) is 32.5. The molecule has 0 rings (SSSR count). The molecule has 0 aromatic heterocycles. The molecule has 80 valence electrons. The van der Waals surface area contributed by atoms with E-state index in [1.807, 2.05) is 0 Å². The Labute approximate surface area is 79.5 Å². The number of rotatable bonds is 2. The van der Waals surface area contributed by atoms with Gasteiger partial charge < -0.3 is 24.5 Å². The van der Waals surface area contributed by atoms with Crippen molar-refractivity contribution in [2.24, 2.45) is 0 Å². The first-order valence-corrected chi connectivity index (χ1v) is 3.27. The van der Waals surface area contributed by atoms with Gasteiger partial charge in [0.2, 0.25) is 0 Å². The summed E-state index contributed by atoms with van der Waals surface area (Å²) in [6.45, 7) is 3.06. The van der Waals surface area contributed by atoms with Gasteiger partial charge in [0.1, 0.15) is 18.3 Å². The van der Waals surface area contributed by atoms with Crippen LogP contribution in [0, 0.1) is 0 Å². The van der Waals surface area contributed by atoms with Crippen LogP contribution in [0.25, 0.3) is 0 Å². The summed E-state index contributed by atoms with van der Waals surface area (Å²) in [6.07, 6.45) is -1.89. The Kier molecular flexibility index (Phi) is 9.35. The van der Waals surface area contributed by atoms with Gasteiger partial charge in [-0.1, -0.05) is 0 Å². The lowest BCUT2D eigenvalue weighted by molar-refractivity contribution is -0.115. The van der Waals surface area contributed by atoms with Crippen molar-refractivity contribution in [2.75, 3.05) is 0 Å². The Hall–Kier alpha value is -2.05. The molecule has 0 heterocycles. The van der Waals surface area contributed by atoms with E-state index < -0.39 is 12.3 Å². The van der Waals surface area contributed by atoms with Crippen LogP contribution in [-0.4, -0.2) is 28.3 Å². The molecule has 0 aliphatic rings. The Bertz CT molecular complexity index is 208. The highest BCUT2D eigenvalue weighted by molar-refractivity contribution is 5.72. The Morgan fingerprint density at radius 3 is 1.29 bits per heavy atom. The molecule has 0 aromatic carbocycles. The predicted molar refractivity (Wildman–Crippen MR) is 43.7 cm³/mol. The smallest absolute Gasteiger partial charge is 0.449 e. The average Bonchev–Trinajstić information content (AvgIpc) is 1.96. The maximum absolute atomic E-state index is 9.57. The minimum Gasteiger partial charge on any atom is -0.449 e. The summed E-state index contributed by atoms with van der Waals surface area (Å²) >= 11 is 0. The fourth-order valence-electron chi connectivity index (χ4n) is 0.172. The second-order valence-corrected chi connectivity index (χ2v) is 1.95. The highest BCUT2D eigenvalue weighted by Gasteiger charge is 1.91. The molecule has 0 radical (unpaired) electrons. The molecule has 2 N–H and O–H groups in total. The summed E-state index contributed by atoms with van der Waals surface area (Å²) in [7, 11) is 0. The second-order valence-electron chi connectivity index (χ2n) is 1.95. The topological polar surface area (TPSA) is 110 Å². The van der Waals surface area contributed by atoms with E-state index in [0.717, 1.165) is 0 Å². The lowest BCUT2D eigenvalue weighted by Crippen LogP contribution is -1.95. The summed E-state index contributed by atoms with van der Waals surface area (Å²) < 4.78 is 7.48. The second kappa shape index (κ2) is 9.04. The standard InChI is InChI=1S/C4H4O6.C3H6O/c5-3(6)9-1-2-10-4(7)8;1-3(2)4/h1-2H,(H,5,6)(H,7,8);1-2H3/b2-1+;. The van der Waals surface area contributed by atoms with Crippen molar-refractivity contribution in [2.45, 2.75) is 13.8 Å². The van der Waals surface area contributed by atoms with Crippen LogP contribution in [0.5, 0.6) is 0 Å². The zero-order chi connectivity index (χ0) is 11.6. The van der Waals surface area contributed by atoms with Gasteiger partial charge in [0.15, 0.2) is 0 Å². The van der Waals surface area contributed by atoms with Gasteiger partial charge in [0.05, 0.1) is 0 Å². The van der Waals surface area contributed by atoms with Crippen LogP contribution in [0.15, 0.2) is 12.5 Å². The zero-order valence-electron chi connectivity index (χ0n) is 7.59. The van der Waals surface area contributed by atoms with E-state index in [2.05, 4.69) is 9.47 Å². The summed E-state index contributed by atoms with van der Waals surface area (Å²) in [4.78, 5) is 28.6. The van der Waals surface area contributed by atoms with Gasteiger partial charge >= 0.3 is 12.3 Å². The SMILES string of the molecule is CC(C)=O.O=C(O)O/C=C/OC(=O)O. The number of hydrogen-bond acceptors (Lipinski definition) is 5. The van der Waals surface area contributed by atoms with Crippen molar-refractivity contribution < 1.29 is 34.1 Å². The van der Waals surface area contributed by atoms with Crippen molar-refractivity contribution in [3.8, 4) is 0 Å². The Balaban J connectivity index is 0. The average molecular weight is 206 g/mol. The number of hydrogen-bond donors (Lipinski definition) is 2. The number of carbonyl (C=O) groups is 3. The number of Topliss-reactive ketones (excluding diaryl/α,β-unsaturated/α-hetero) is 1. The molecule has 0 unspecified atom stereocenters. The van der Waals surface area contributed by atoms with Crippen LogP contribution in [-0.2, 0) is 14.3 Å². The van der Waals surface area contributed by atoms with Crippen molar-refractivity contribution in [1.82, 2.24) is 0 Å². The molecular formula is C7H10O7. The first-order chi connectivity index (χ1) is 6.36. The zero-order valence-corrected chi connectivity index (χ0v) is 7.59. The van der Waals surface area contributed by atoms with Crippen LogP contribution in [0.3, 0.4) is 0 Å². The van der Waals surface area contributed by atoms with Crippen molar-refractivity contribution in [3.63, 3.8) is 0 Å². The molecule has 0 amide bonds. The molecule has 0 bridgehead atoms. The molecule has 14 heavy (non-hydrogen) atoms. The van der Waals surface area contributed by atoms with Crippen molar-refractivity contribution >= 4 is 18.1 Å². The van der Waals surface area contributed by atoms with E-state index in [0.29, 0.717) is 12.5 Å².